The zero-order valence-electron chi connectivity index (χ0n) is 15.4. The molecule has 0 aliphatic carbocycles. The van der Waals surface area contributed by atoms with Crippen LogP contribution in [0.3, 0.4) is 0 Å². The fraction of sp³-hybridized carbons (Fsp3) is 0.350. The second kappa shape index (κ2) is 8.91. The number of nitrogens with zero attached hydrogens (tertiary/aromatic N) is 3. The van der Waals surface area contributed by atoms with Crippen LogP contribution >= 0.6 is 11.9 Å². The van der Waals surface area contributed by atoms with Gasteiger partial charge in [0.25, 0.3) is 0 Å². The van der Waals surface area contributed by atoms with Crippen LogP contribution in [-0.2, 0) is 0 Å². The molecule has 2 rings (SSSR count). The first-order valence-electron chi connectivity index (χ1n) is 8.41. The average Bonchev–Trinajstić information content (AvgIpc) is 2.62. The number of hydrogen-bond donors (Lipinski definition) is 1. The zero-order valence-corrected chi connectivity index (χ0v) is 16.2. The molecule has 0 atom stereocenters. The number of fused-ring (bicyclic) bond motifs is 1. The van der Waals surface area contributed by atoms with E-state index in [2.05, 4.69) is 73.3 Å². The zero-order chi connectivity index (χ0) is 18.4. The van der Waals surface area contributed by atoms with Crippen LogP contribution in [0, 0.1) is 11.3 Å². The Morgan fingerprint density at radius 3 is 2.40 bits per heavy atom. The van der Waals surface area contributed by atoms with Crippen molar-refractivity contribution in [2.75, 3.05) is 38.6 Å². The van der Waals surface area contributed by atoms with Gasteiger partial charge in [0.15, 0.2) is 0 Å². The summed E-state index contributed by atoms with van der Waals surface area (Å²) in [6, 6.07) is 15.0. The highest BCUT2D eigenvalue weighted by Gasteiger charge is 2.08. The molecule has 0 saturated carbocycles. The number of nitrogens with two attached hydrogens (primary N) is 1. The van der Waals surface area contributed by atoms with E-state index in [9.17, 15) is 0 Å². The molecular formula is C20H26N4S. The van der Waals surface area contributed by atoms with Crippen molar-refractivity contribution >= 4 is 34.0 Å². The third-order valence-electron chi connectivity index (χ3n) is 4.38. The summed E-state index contributed by atoms with van der Waals surface area (Å²) in [5.74, 6) is 0. The molecule has 0 unspecified atom stereocenters. The first kappa shape index (κ1) is 19.3. The van der Waals surface area contributed by atoms with Gasteiger partial charge in [0, 0.05) is 25.3 Å². The molecule has 0 heterocycles. The highest BCUT2D eigenvalue weighted by molar-refractivity contribution is 8.01. The van der Waals surface area contributed by atoms with Gasteiger partial charge in [-0.1, -0.05) is 18.2 Å². The van der Waals surface area contributed by atoms with Crippen molar-refractivity contribution in [2.24, 2.45) is 5.14 Å². The maximum absolute atomic E-state index is 9.17. The molecule has 0 aliphatic heterocycles. The number of benzene rings is 2. The summed E-state index contributed by atoms with van der Waals surface area (Å²) in [5, 5.41) is 17.1. The number of rotatable bonds is 7. The Morgan fingerprint density at radius 1 is 1.12 bits per heavy atom. The molecule has 0 spiro atoms. The van der Waals surface area contributed by atoms with Crippen molar-refractivity contribution in [1.82, 2.24) is 4.90 Å². The Balaban J connectivity index is 2.35. The van der Waals surface area contributed by atoms with Gasteiger partial charge in [0.1, 0.15) is 11.0 Å². The molecule has 0 aromatic heterocycles. The third-order valence-corrected chi connectivity index (χ3v) is 5.01. The maximum atomic E-state index is 9.17. The van der Waals surface area contributed by atoms with Crippen LogP contribution in [0.1, 0.15) is 19.4 Å². The highest BCUT2D eigenvalue weighted by atomic mass is 32.2. The second-order valence-corrected chi connectivity index (χ2v) is 6.96. The summed E-state index contributed by atoms with van der Waals surface area (Å²) < 4.78 is 0. The number of anilines is 1. The molecule has 4 nitrogen and oxygen atoms in total. The summed E-state index contributed by atoms with van der Waals surface area (Å²) in [6.07, 6.45) is 0. The molecular weight excluding hydrogens is 328 g/mol. The molecule has 0 saturated heterocycles. The SMILES string of the molecule is CCN(CCN(C)C)c1ccc2cc(/C(C)=C(\C#N)SN)ccc2c1. The largest absolute Gasteiger partial charge is 0.371 e. The van der Waals surface area contributed by atoms with E-state index >= 15 is 0 Å². The smallest absolute Gasteiger partial charge is 0.108 e. The predicted octanol–water partition coefficient (Wildman–Crippen LogP) is 4.09. The summed E-state index contributed by atoms with van der Waals surface area (Å²) in [4.78, 5) is 5.14. The van der Waals surface area contributed by atoms with Gasteiger partial charge in [0.05, 0.1) is 0 Å². The first-order chi connectivity index (χ1) is 12.0. The molecule has 0 bridgehead atoms. The van der Waals surface area contributed by atoms with E-state index in [1.807, 2.05) is 6.92 Å². The molecule has 2 N–H and O–H groups in total. The summed E-state index contributed by atoms with van der Waals surface area (Å²) >= 11 is 1.00. The second-order valence-electron chi connectivity index (χ2n) is 6.31. The molecule has 2 aromatic rings. The molecule has 0 amide bonds. The van der Waals surface area contributed by atoms with E-state index in [1.165, 1.54) is 16.5 Å². The number of nitriles is 1. The van der Waals surface area contributed by atoms with Gasteiger partial charge in [-0.3, -0.25) is 5.14 Å². The highest BCUT2D eigenvalue weighted by Crippen LogP contribution is 2.28. The minimum Gasteiger partial charge on any atom is -0.371 e. The molecule has 0 aliphatic rings. The Bertz CT molecular complexity index is 805. The lowest BCUT2D eigenvalue weighted by Crippen LogP contribution is -2.31. The lowest BCUT2D eigenvalue weighted by molar-refractivity contribution is 0.414. The van der Waals surface area contributed by atoms with Crippen LogP contribution in [0.4, 0.5) is 5.69 Å². The standard InChI is InChI=1S/C20H26N4S/c1-5-24(11-10-23(3)4)19-9-8-17-12-16(6-7-18(17)13-19)15(2)20(14-21)25-22/h6-9,12-13H,5,10-11,22H2,1-4H3/b20-15+. The van der Waals surface area contributed by atoms with E-state index in [-0.39, 0.29) is 0 Å². The molecule has 25 heavy (non-hydrogen) atoms. The predicted molar refractivity (Wildman–Crippen MR) is 110 cm³/mol. The van der Waals surface area contributed by atoms with Gasteiger partial charge in [-0.25, -0.2) is 0 Å². The van der Waals surface area contributed by atoms with Gasteiger partial charge >= 0.3 is 0 Å². The molecule has 5 heteroatoms. The van der Waals surface area contributed by atoms with Gasteiger partial charge < -0.3 is 9.80 Å². The van der Waals surface area contributed by atoms with Crippen LogP contribution < -0.4 is 10.0 Å². The van der Waals surface area contributed by atoms with E-state index in [1.54, 1.807) is 0 Å². The van der Waals surface area contributed by atoms with Crippen LogP contribution in [0.2, 0.25) is 0 Å². The number of allylic oxidation sites excluding steroid dienone is 2. The number of likely N-dealkylation sites (N-methyl/N-ethyl adjacent to an activating group) is 2. The fourth-order valence-electron chi connectivity index (χ4n) is 2.78. The number of hydrogen-bond acceptors (Lipinski definition) is 5. The van der Waals surface area contributed by atoms with Crippen LogP contribution in [-0.4, -0.2) is 38.6 Å². The fourth-order valence-corrected chi connectivity index (χ4v) is 3.13. The first-order valence-corrected chi connectivity index (χ1v) is 9.29. The lowest BCUT2D eigenvalue weighted by atomic mass is 10.0. The summed E-state index contributed by atoms with van der Waals surface area (Å²) in [5.41, 5.74) is 3.20. The lowest BCUT2D eigenvalue weighted by Gasteiger charge is -2.25. The van der Waals surface area contributed by atoms with Crippen LogP contribution in [0.25, 0.3) is 16.3 Å². The van der Waals surface area contributed by atoms with Crippen molar-refractivity contribution in [3.8, 4) is 6.07 Å². The van der Waals surface area contributed by atoms with Crippen LogP contribution in [0.15, 0.2) is 41.3 Å². The molecule has 132 valence electrons. The van der Waals surface area contributed by atoms with Crippen molar-refractivity contribution in [3.63, 3.8) is 0 Å². The topological polar surface area (TPSA) is 56.3 Å². The summed E-state index contributed by atoms with van der Waals surface area (Å²) in [7, 11) is 4.20. The van der Waals surface area contributed by atoms with Crippen molar-refractivity contribution in [3.05, 3.63) is 46.9 Å². The maximum Gasteiger partial charge on any atom is 0.108 e. The Kier molecular flexibility index (Phi) is 6.89. The van der Waals surface area contributed by atoms with Gasteiger partial charge in [-0.05, 0) is 80.0 Å². The van der Waals surface area contributed by atoms with Crippen molar-refractivity contribution in [2.45, 2.75) is 13.8 Å². The average molecular weight is 355 g/mol. The van der Waals surface area contributed by atoms with Crippen LogP contribution in [0.5, 0.6) is 0 Å². The minimum absolute atomic E-state index is 0.553. The monoisotopic (exact) mass is 354 g/mol. The normalized spacial score (nSPS) is 12.2. The van der Waals surface area contributed by atoms with Gasteiger partial charge in [0.2, 0.25) is 0 Å². The molecule has 0 fully saturated rings. The van der Waals surface area contributed by atoms with Crippen molar-refractivity contribution < 1.29 is 0 Å². The van der Waals surface area contributed by atoms with Crippen molar-refractivity contribution in [1.29, 1.82) is 5.26 Å². The Morgan fingerprint density at radius 2 is 1.80 bits per heavy atom. The molecule has 2 aromatic carbocycles. The Labute approximate surface area is 155 Å². The third kappa shape index (κ3) is 4.76. The van der Waals surface area contributed by atoms with Gasteiger partial charge in [-0.15, -0.1) is 0 Å². The summed E-state index contributed by atoms with van der Waals surface area (Å²) in [6.45, 7) is 7.15. The van der Waals surface area contributed by atoms with Gasteiger partial charge in [-0.2, -0.15) is 5.26 Å². The Hall–Kier alpha value is -2.00. The molecule has 0 radical (unpaired) electrons. The quantitative estimate of drug-likeness (QED) is 0.599. The van der Waals surface area contributed by atoms with E-state index in [0.717, 1.165) is 42.7 Å². The minimum atomic E-state index is 0.553. The van der Waals surface area contributed by atoms with E-state index < -0.39 is 0 Å². The van der Waals surface area contributed by atoms with E-state index in [0.29, 0.717) is 4.91 Å². The van der Waals surface area contributed by atoms with E-state index in [4.69, 9.17) is 10.4 Å².